The molecule has 1 N–H and O–H groups in total. The Morgan fingerprint density at radius 3 is 2.71 bits per heavy atom. The Kier molecular flexibility index (Phi) is 6.37. The van der Waals surface area contributed by atoms with Gasteiger partial charge in [0.15, 0.2) is 0 Å². The molecule has 0 aliphatic carbocycles. The highest BCUT2D eigenvalue weighted by molar-refractivity contribution is 5.98. The number of nitrogens with one attached hydrogen (secondary N) is 1. The number of carbonyl (C=O) groups excluding carboxylic acids is 2. The lowest BCUT2D eigenvalue weighted by Gasteiger charge is -2.27. The van der Waals surface area contributed by atoms with Gasteiger partial charge in [-0.25, -0.2) is 0 Å². The van der Waals surface area contributed by atoms with Crippen LogP contribution in [0.1, 0.15) is 50.7 Å². The van der Waals surface area contributed by atoms with Crippen molar-refractivity contribution in [2.45, 2.75) is 52.6 Å². The van der Waals surface area contributed by atoms with Crippen molar-refractivity contribution in [1.82, 2.24) is 5.32 Å². The van der Waals surface area contributed by atoms with Crippen molar-refractivity contribution in [2.75, 3.05) is 24.6 Å². The average molecular weight is 332 g/mol. The minimum atomic E-state index is -0.154. The van der Waals surface area contributed by atoms with E-state index in [1.54, 1.807) is 4.90 Å². The first-order valence-electron chi connectivity index (χ1n) is 8.66. The standard InChI is InChI=1S/C19H28N2O3/c1-13(2)17-9-5-7-14(3)19(17)21(15(4)22)12-18(23)20-11-16-8-6-10-24-16/h5,7,9,13,16H,6,8,10-12H2,1-4H3,(H,20,23). The van der Waals surface area contributed by atoms with Crippen molar-refractivity contribution in [3.63, 3.8) is 0 Å². The van der Waals surface area contributed by atoms with Crippen LogP contribution in [0.2, 0.25) is 0 Å². The predicted molar refractivity (Wildman–Crippen MR) is 95.3 cm³/mol. The molecule has 1 aromatic rings. The summed E-state index contributed by atoms with van der Waals surface area (Å²) < 4.78 is 5.51. The van der Waals surface area contributed by atoms with Crippen LogP contribution >= 0.6 is 0 Å². The molecule has 1 aromatic carbocycles. The summed E-state index contributed by atoms with van der Waals surface area (Å²) in [5, 5.41) is 2.89. The maximum atomic E-state index is 12.3. The second kappa shape index (κ2) is 8.29. The van der Waals surface area contributed by atoms with Crippen molar-refractivity contribution in [2.24, 2.45) is 0 Å². The quantitative estimate of drug-likeness (QED) is 0.871. The van der Waals surface area contributed by atoms with Crippen molar-refractivity contribution in [3.05, 3.63) is 29.3 Å². The van der Waals surface area contributed by atoms with E-state index in [0.29, 0.717) is 6.54 Å². The fraction of sp³-hybridized carbons (Fsp3) is 0.579. The molecule has 1 aliphatic heterocycles. The van der Waals surface area contributed by atoms with Crippen LogP contribution in [-0.4, -0.2) is 37.6 Å². The van der Waals surface area contributed by atoms with E-state index in [1.165, 1.54) is 6.92 Å². The van der Waals surface area contributed by atoms with Crippen molar-refractivity contribution in [1.29, 1.82) is 0 Å². The van der Waals surface area contributed by atoms with Crippen molar-refractivity contribution in [3.8, 4) is 0 Å². The largest absolute Gasteiger partial charge is 0.376 e. The van der Waals surface area contributed by atoms with Gasteiger partial charge in [0.05, 0.1) is 11.8 Å². The van der Waals surface area contributed by atoms with Gasteiger partial charge in [-0.2, -0.15) is 0 Å². The molecule has 5 heteroatoms. The number of para-hydroxylation sites is 1. The van der Waals surface area contributed by atoms with Crippen molar-refractivity contribution >= 4 is 17.5 Å². The van der Waals surface area contributed by atoms with Crippen molar-refractivity contribution < 1.29 is 14.3 Å². The molecule has 1 atom stereocenters. The van der Waals surface area contributed by atoms with Crippen LogP contribution in [0.5, 0.6) is 0 Å². The monoisotopic (exact) mass is 332 g/mol. The summed E-state index contributed by atoms with van der Waals surface area (Å²) in [6.45, 7) is 8.97. The van der Waals surface area contributed by atoms with E-state index < -0.39 is 0 Å². The lowest BCUT2D eigenvalue weighted by atomic mass is 9.97. The van der Waals surface area contributed by atoms with E-state index in [2.05, 4.69) is 19.2 Å². The molecule has 132 valence electrons. The maximum Gasteiger partial charge on any atom is 0.240 e. The molecular weight excluding hydrogens is 304 g/mol. The summed E-state index contributed by atoms with van der Waals surface area (Å²) in [5.74, 6) is -0.00572. The van der Waals surface area contributed by atoms with Gasteiger partial charge in [-0.05, 0) is 36.8 Å². The molecule has 1 fully saturated rings. The number of ether oxygens (including phenoxy) is 1. The topological polar surface area (TPSA) is 58.6 Å². The van der Waals surface area contributed by atoms with E-state index in [4.69, 9.17) is 4.74 Å². The Morgan fingerprint density at radius 2 is 2.12 bits per heavy atom. The molecule has 0 bridgehead atoms. The Bertz CT molecular complexity index is 592. The lowest BCUT2D eigenvalue weighted by molar-refractivity contribution is -0.123. The van der Waals surface area contributed by atoms with Gasteiger partial charge in [0.2, 0.25) is 11.8 Å². The number of amides is 2. The Balaban J connectivity index is 2.12. The zero-order valence-electron chi connectivity index (χ0n) is 15.1. The van der Waals surface area contributed by atoms with Crippen LogP contribution in [0, 0.1) is 6.92 Å². The molecule has 1 saturated heterocycles. The first kappa shape index (κ1) is 18.5. The van der Waals surface area contributed by atoms with E-state index in [-0.39, 0.29) is 30.4 Å². The molecule has 2 amide bonds. The van der Waals surface area contributed by atoms with E-state index >= 15 is 0 Å². The first-order chi connectivity index (χ1) is 11.4. The second-order valence-electron chi connectivity index (χ2n) is 6.71. The Labute approximate surface area is 144 Å². The van der Waals surface area contributed by atoms with Crippen LogP contribution < -0.4 is 10.2 Å². The van der Waals surface area contributed by atoms with E-state index in [0.717, 1.165) is 36.3 Å². The summed E-state index contributed by atoms with van der Waals surface area (Å²) >= 11 is 0. The SMILES string of the molecule is CC(=O)N(CC(=O)NCC1CCCO1)c1c(C)cccc1C(C)C. The van der Waals surface area contributed by atoms with E-state index in [1.807, 2.05) is 25.1 Å². The van der Waals surface area contributed by atoms with E-state index in [9.17, 15) is 9.59 Å². The van der Waals surface area contributed by atoms with Gasteiger partial charge in [0.25, 0.3) is 0 Å². The third-order valence-corrected chi connectivity index (χ3v) is 4.39. The number of aryl methyl sites for hydroxylation is 1. The van der Waals surface area contributed by atoms with Gasteiger partial charge in [-0.15, -0.1) is 0 Å². The normalized spacial score (nSPS) is 17.1. The number of hydrogen-bond donors (Lipinski definition) is 1. The first-order valence-corrected chi connectivity index (χ1v) is 8.66. The minimum Gasteiger partial charge on any atom is -0.376 e. The number of hydrogen-bond acceptors (Lipinski definition) is 3. The fourth-order valence-corrected chi connectivity index (χ4v) is 3.10. The van der Waals surface area contributed by atoms with Gasteiger partial charge < -0.3 is 15.0 Å². The highest BCUT2D eigenvalue weighted by atomic mass is 16.5. The summed E-state index contributed by atoms with van der Waals surface area (Å²) in [7, 11) is 0. The number of benzene rings is 1. The molecule has 24 heavy (non-hydrogen) atoms. The Hall–Kier alpha value is -1.88. The maximum absolute atomic E-state index is 12.3. The fourth-order valence-electron chi connectivity index (χ4n) is 3.10. The molecule has 1 aliphatic rings. The zero-order chi connectivity index (χ0) is 17.7. The number of anilines is 1. The molecule has 0 spiro atoms. The second-order valence-corrected chi connectivity index (χ2v) is 6.71. The molecule has 5 nitrogen and oxygen atoms in total. The lowest BCUT2D eigenvalue weighted by Crippen LogP contribution is -2.42. The number of nitrogens with zero attached hydrogens (tertiary/aromatic N) is 1. The number of rotatable bonds is 6. The predicted octanol–water partition coefficient (Wildman–Crippen LogP) is 2.77. The Morgan fingerprint density at radius 1 is 1.38 bits per heavy atom. The van der Waals surface area contributed by atoms with Gasteiger partial charge in [0.1, 0.15) is 6.54 Å². The van der Waals surface area contributed by atoms with Crippen LogP contribution in [-0.2, 0) is 14.3 Å². The van der Waals surface area contributed by atoms with Crippen LogP contribution in [0.3, 0.4) is 0 Å². The highest BCUT2D eigenvalue weighted by Gasteiger charge is 2.22. The van der Waals surface area contributed by atoms with Crippen LogP contribution in [0.15, 0.2) is 18.2 Å². The van der Waals surface area contributed by atoms with Gasteiger partial charge in [-0.1, -0.05) is 32.0 Å². The minimum absolute atomic E-state index is 0.0344. The van der Waals surface area contributed by atoms with Gasteiger partial charge >= 0.3 is 0 Å². The molecule has 1 heterocycles. The average Bonchev–Trinajstić information content (AvgIpc) is 3.04. The summed E-state index contributed by atoms with van der Waals surface area (Å²) in [6.07, 6.45) is 2.12. The molecule has 0 aromatic heterocycles. The molecule has 0 radical (unpaired) electrons. The molecular formula is C19H28N2O3. The van der Waals surface area contributed by atoms with Crippen LogP contribution in [0.4, 0.5) is 5.69 Å². The third kappa shape index (κ3) is 4.57. The molecule has 0 saturated carbocycles. The highest BCUT2D eigenvalue weighted by Crippen LogP contribution is 2.31. The summed E-state index contributed by atoms with van der Waals surface area (Å²) in [4.78, 5) is 26.1. The molecule has 1 unspecified atom stereocenters. The smallest absolute Gasteiger partial charge is 0.240 e. The number of carbonyl (C=O) groups is 2. The van der Waals surface area contributed by atoms with Gasteiger partial charge in [0, 0.05) is 20.1 Å². The molecule has 2 rings (SSSR count). The summed E-state index contributed by atoms with van der Waals surface area (Å²) in [5.41, 5.74) is 2.94. The van der Waals surface area contributed by atoms with Crippen LogP contribution in [0.25, 0.3) is 0 Å². The van der Waals surface area contributed by atoms with Gasteiger partial charge in [-0.3, -0.25) is 9.59 Å². The zero-order valence-corrected chi connectivity index (χ0v) is 15.1. The third-order valence-electron chi connectivity index (χ3n) is 4.39. The summed E-state index contributed by atoms with van der Waals surface area (Å²) in [6, 6.07) is 5.98.